The first-order valence-electron chi connectivity index (χ1n) is 7.94. The van der Waals surface area contributed by atoms with Crippen molar-refractivity contribution in [2.45, 2.75) is 25.9 Å². The summed E-state index contributed by atoms with van der Waals surface area (Å²) in [5.74, 6) is -0.921. The Kier molecular flexibility index (Phi) is 4.61. The third kappa shape index (κ3) is 3.15. The van der Waals surface area contributed by atoms with E-state index in [-0.39, 0.29) is 23.9 Å². The maximum Gasteiger partial charge on any atom is 0.338 e. The van der Waals surface area contributed by atoms with E-state index in [1.54, 1.807) is 38.1 Å². The van der Waals surface area contributed by atoms with E-state index < -0.39 is 18.0 Å². The highest BCUT2D eigenvalue weighted by molar-refractivity contribution is 6.01. The Balaban J connectivity index is 2.03. The number of hydrogen-bond acceptors (Lipinski definition) is 6. The monoisotopic (exact) mass is 342 g/mol. The highest BCUT2D eigenvalue weighted by Gasteiger charge is 2.45. The van der Waals surface area contributed by atoms with Crippen molar-refractivity contribution >= 4 is 11.8 Å². The lowest BCUT2D eigenvalue weighted by molar-refractivity contribution is -0.138. The van der Waals surface area contributed by atoms with Crippen molar-refractivity contribution in [3.63, 3.8) is 0 Å². The van der Waals surface area contributed by atoms with E-state index in [9.17, 15) is 14.7 Å². The van der Waals surface area contributed by atoms with Crippen molar-refractivity contribution in [1.82, 2.24) is 0 Å². The molecule has 0 spiro atoms. The Labute approximate surface area is 144 Å². The number of furan rings is 1. The van der Waals surface area contributed by atoms with E-state index in [0.717, 1.165) is 0 Å². The summed E-state index contributed by atoms with van der Waals surface area (Å²) in [6.07, 6.45) is 0.472. The van der Waals surface area contributed by atoms with Crippen LogP contribution in [-0.4, -0.2) is 29.6 Å². The van der Waals surface area contributed by atoms with E-state index in [2.05, 4.69) is 0 Å². The molecule has 0 amide bonds. The molecule has 2 aromatic rings. The zero-order chi connectivity index (χ0) is 18.0. The topological polar surface area (TPSA) is 86.0 Å². The van der Waals surface area contributed by atoms with Gasteiger partial charge in [-0.15, -0.1) is 0 Å². The van der Waals surface area contributed by atoms with Crippen LogP contribution in [0, 0.1) is 0 Å². The Bertz CT molecular complexity index is 801. The molecular weight excluding hydrogens is 324 g/mol. The van der Waals surface area contributed by atoms with Gasteiger partial charge in [0.15, 0.2) is 11.9 Å². The van der Waals surface area contributed by atoms with Crippen LogP contribution in [0.1, 0.15) is 35.9 Å². The molecule has 0 saturated carbocycles. The van der Waals surface area contributed by atoms with Gasteiger partial charge in [-0.25, -0.2) is 4.79 Å². The van der Waals surface area contributed by atoms with Crippen LogP contribution < -0.4 is 0 Å². The molecule has 0 unspecified atom stereocenters. The fourth-order valence-electron chi connectivity index (χ4n) is 2.96. The van der Waals surface area contributed by atoms with Gasteiger partial charge in [0.2, 0.25) is 5.78 Å². The largest absolute Gasteiger partial charge is 0.508 e. The molecule has 0 radical (unpaired) electrons. The second-order valence-electron chi connectivity index (χ2n) is 5.64. The molecule has 6 heteroatoms. The first-order valence-corrected chi connectivity index (χ1v) is 7.94. The van der Waals surface area contributed by atoms with Gasteiger partial charge in [-0.05, 0) is 43.7 Å². The van der Waals surface area contributed by atoms with Crippen LogP contribution in [0.3, 0.4) is 0 Å². The smallest absolute Gasteiger partial charge is 0.338 e. The molecule has 1 N–H and O–H groups in total. The molecule has 130 valence electrons. The van der Waals surface area contributed by atoms with Gasteiger partial charge in [0.05, 0.1) is 24.4 Å². The number of benzene rings is 1. The average Bonchev–Trinajstić information content (AvgIpc) is 3.23. The summed E-state index contributed by atoms with van der Waals surface area (Å²) in [6, 6.07) is 9.48. The van der Waals surface area contributed by atoms with Crippen LogP contribution in [0.5, 0.6) is 5.75 Å². The minimum absolute atomic E-state index is 0.0926. The highest BCUT2D eigenvalue weighted by Crippen LogP contribution is 2.41. The number of ether oxygens (including phenoxy) is 2. The van der Waals surface area contributed by atoms with Crippen LogP contribution in [0.2, 0.25) is 0 Å². The normalized spacial score (nSPS) is 19.6. The standard InChI is InChI=1S/C19H18O6/c1-3-23-19(22)15-11(2)25-18(17(21)14-5-4-10-24-14)16(15)12-6-8-13(20)9-7-12/h4-10,16,18,20H,3H2,1-2H3/t16-,18-/m1/s1. The number of carbonyl (C=O) groups excluding carboxylic acids is 2. The molecule has 6 nitrogen and oxygen atoms in total. The van der Waals surface area contributed by atoms with Gasteiger partial charge >= 0.3 is 5.97 Å². The van der Waals surface area contributed by atoms with Crippen molar-refractivity contribution in [2.75, 3.05) is 6.61 Å². The minimum atomic E-state index is -0.935. The summed E-state index contributed by atoms with van der Waals surface area (Å²) in [6.45, 7) is 3.56. The van der Waals surface area contributed by atoms with Crippen molar-refractivity contribution in [3.8, 4) is 5.75 Å². The van der Waals surface area contributed by atoms with Gasteiger partial charge in [-0.1, -0.05) is 12.1 Å². The van der Waals surface area contributed by atoms with Crippen LogP contribution in [0.4, 0.5) is 0 Å². The van der Waals surface area contributed by atoms with E-state index in [1.807, 2.05) is 0 Å². The Morgan fingerprint density at radius 2 is 1.92 bits per heavy atom. The lowest BCUT2D eigenvalue weighted by Gasteiger charge is -2.19. The van der Waals surface area contributed by atoms with Crippen LogP contribution in [0.25, 0.3) is 0 Å². The van der Waals surface area contributed by atoms with Crippen LogP contribution >= 0.6 is 0 Å². The second kappa shape index (κ2) is 6.84. The number of rotatable bonds is 5. The summed E-state index contributed by atoms with van der Waals surface area (Å²) in [4.78, 5) is 25.2. The fraction of sp³-hybridized carbons (Fsp3) is 0.263. The molecule has 0 bridgehead atoms. The molecule has 2 heterocycles. The van der Waals surface area contributed by atoms with E-state index >= 15 is 0 Å². The Morgan fingerprint density at radius 3 is 2.52 bits per heavy atom. The third-order valence-corrected chi connectivity index (χ3v) is 4.07. The SMILES string of the molecule is CCOC(=O)C1=C(C)O[C@@H](C(=O)c2ccco2)[C@@H]1c1ccc(O)cc1. The third-order valence-electron chi connectivity index (χ3n) is 4.07. The number of Topliss-reactive ketones (excluding diaryl/α,β-unsaturated/α-hetero) is 1. The van der Waals surface area contributed by atoms with Crippen LogP contribution in [-0.2, 0) is 14.3 Å². The summed E-state index contributed by atoms with van der Waals surface area (Å²) >= 11 is 0. The predicted molar refractivity (Wildman–Crippen MR) is 88.1 cm³/mol. The number of ketones is 1. The number of phenolic OH excluding ortho intramolecular Hbond substituents is 1. The molecule has 0 saturated heterocycles. The quantitative estimate of drug-likeness (QED) is 0.663. The lowest BCUT2D eigenvalue weighted by Crippen LogP contribution is -2.29. The minimum Gasteiger partial charge on any atom is -0.508 e. The number of carbonyl (C=O) groups is 2. The number of allylic oxidation sites excluding steroid dienone is 1. The molecular formula is C19H18O6. The average molecular weight is 342 g/mol. The lowest BCUT2D eigenvalue weighted by atomic mass is 9.85. The van der Waals surface area contributed by atoms with E-state index in [0.29, 0.717) is 16.9 Å². The fourth-order valence-corrected chi connectivity index (χ4v) is 2.96. The van der Waals surface area contributed by atoms with Gasteiger partial charge in [0.1, 0.15) is 11.5 Å². The zero-order valence-corrected chi connectivity index (χ0v) is 13.9. The molecule has 3 rings (SSSR count). The maximum absolute atomic E-state index is 12.8. The zero-order valence-electron chi connectivity index (χ0n) is 13.9. The predicted octanol–water partition coefficient (Wildman–Crippen LogP) is 3.19. The van der Waals surface area contributed by atoms with Crippen LogP contribution in [0.15, 0.2) is 58.4 Å². The first kappa shape index (κ1) is 16.8. The number of phenols is 1. The van der Waals surface area contributed by atoms with Crippen molar-refractivity contribution < 1.29 is 28.6 Å². The molecule has 2 atom stereocenters. The summed E-state index contributed by atoms with van der Waals surface area (Å²) in [5.41, 5.74) is 0.972. The molecule has 1 aromatic heterocycles. The summed E-state index contributed by atoms with van der Waals surface area (Å²) in [5, 5.41) is 9.52. The van der Waals surface area contributed by atoms with Crippen molar-refractivity contribution in [2.24, 2.45) is 0 Å². The molecule has 1 aromatic carbocycles. The van der Waals surface area contributed by atoms with Gasteiger partial charge < -0.3 is 19.0 Å². The number of hydrogen-bond donors (Lipinski definition) is 1. The summed E-state index contributed by atoms with van der Waals surface area (Å²) in [7, 11) is 0. The van der Waals surface area contributed by atoms with Gasteiger partial charge in [0, 0.05) is 0 Å². The first-order chi connectivity index (χ1) is 12.0. The van der Waals surface area contributed by atoms with Gasteiger partial charge in [0.25, 0.3) is 0 Å². The van der Waals surface area contributed by atoms with Crippen molar-refractivity contribution in [3.05, 3.63) is 65.3 Å². The second-order valence-corrected chi connectivity index (χ2v) is 5.64. The Morgan fingerprint density at radius 1 is 1.20 bits per heavy atom. The molecule has 25 heavy (non-hydrogen) atoms. The highest BCUT2D eigenvalue weighted by atomic mass is 16.5. The Hall–Kier alpha value is -3.02. The maximum atomic E-state index is 12.8. The number of esters is 1. The van der Waals surface area contributed by atoms with E-state index in [4.69, 9.17) is 13.9 Å². The van der Waals surface area contributed by atoms with Crippen molar-refractivity contribution in [1.29, 1.82) is 0 Å². The molecule has 1 aliphatic rings. The molecule has 1 aliphatic heterocycles. The summed E-state index contributed by atoms with van der Waals surface area (Å²) < 4.78 is 16.0. The molecule has 0 aliphatic carbocycles. The number of aromatic hydroxyl groups is 1. The molecule has 0 fully saturated rings. The van der Waals surface area contributed by atoms with Gasteiger partial charge in [-0.3, -0.25) is 4.79 Å². The van der Waals surface area contributed by atoms with Gasteiger partial charge in [-0.2, -0.15) is 0 Å². The van der Waals surface area contributed by atoms with E-state index in [1.165, 1.54) is 18.4 Å².